The maximum atomic E-state index is 12.4. The molecule has 0 aliphatic carbocycles. The van der Waals surface area contributed by atoms with Crippen molar-refractivity contribution in [2.45, 2.75) is 51.5 Å². The second-order valence-corrected chi connectivity index (χ2v) is 9.98. The predicted octanol–water partition coefficient (Wildman–Crippen LogP) is 2.80. The third-order valence-electron chi connectivity index (χ3n) is 5.91. The number of carboxylic acid groups (broad SMARTS) is 1. The van der Waals surface area contributed by atoms with E-state index in [1.54, 1.807) is 32.0 Å². The van der Waals surface area contributed by atoms with E-state index >= 15 is 0 Å². The summed E-state index contributed by atoms with van der Waals surface area (Å²) in [7, 11) is 0. The Morgan fingerprint density at radius 1 is 1.11 bits per heavy atom. The molecule has 1 saturated heterocycles. The van der Waals surface area contributed by atoms with Gasteiger partial charge in [-0.1, -0.05) is 30.3 Å². The third kappa shape index (κ3) is 6.94. The molecule has 2 atom stereocenters. The van der Waals surface area contributed by atoms with Crippen molar-refractivity contribution in [3.8, 4) is 0 Å². The molecule has 202 valence electrons. The molecule has 2 amide bonds. The fraction of sp³-hybridized carbons (Fsp3) is 0.440. The molecule has 0 bridgehead atoms. The van der Waals surface area contributed by atoms with Gasteiger partial charge in [0.05, 0.1) is 18.9 Å². The van der Waals surface area contributed by atoms with Crippen LogP contribution in [0.2, 0.25) is 0 Å². The number of carbonyl (C=O) groups excluding carboxylic acids is 2. The summed E-state index contributed by atoms with van der Waals surface area (Å²) in [5, 5.41) is 14.8. The lowest BCUT2D eigenvalue weighted by molar-refractivity contribution is -0.138. The van der Waals surface area contributed by atoms with Gasteiger partial charge in [0.15, 0.2) is 17.0 Å². The van der Waals surface area contributed by atoms with E-state index in [1.165, 1.54) is 6.33 Å². The Labute approximate surface area is 219 Å². The number of hydrogen-bond donors (Lipinski definition) is 3. The Balaban J connectivity index is 1.44. The second kappa shape index (κ2) is 11.4. The van der Waals surface area contributed by atoms with Gasteiger partial charge in [0.1, 0.15) is 18.5 Å². The van der Waals surface area contributed by atoms with Crippen molar-refractivity contribution in [2.24, 2.45) is 0 Å². The zero-order valence-corrected chi connectivity index (χ0v) is 21.5. The summed E-state index contributed by atoms with van der Waals surface area (Å²) >= 11 is 0. The Hall–Kier alpha value is -4.26. The minimum atomic E-state index is -0.966. The lowest BCUT2D eigenvalue weighted by Gasteiger charge is -2.24. The lowest BCUT2D eigenvalue weighted by Crippen LogP contribution is -2.43. The van der Waals surface area contributed by atoms with Crippen LogP contribution in [0.5, 0.6) is 0 Å². The van der Waals surface area contributed by atoms with Crippen LogP contribution in [0.1, 0.15) is 38.8 Å². The van der Waals surface area contributed by atoms with Crippen LogP contribution in [0.15, 0.2) is 43.0 Å². The van der Waals surface area contributed by atoms with Crippen LogP contribution in [-0.2, 0) is 20.9 Å². The van der Waals surface area contributed by atoms with Gasteiger partial charge in [-0.2, -0.15) is 0 Å². The van der Waals surface area contributed by atoms with E-state index in [0.717, 1.165) is 5.56 Å². The molecule has 2 aromatic heterocycles. The zero-order valence-electron chi connectivity index (χ0n) is 21.5. The largest absolute Gasteiger partial charge is 0.480 e. The molecule has 1 aromatic carbocycles. The molecule has 1 aliphatic rings. The quantitative estimate of drug-likeness (QED) is 0.399. The highest BCUT2D eigenvalue weighted by Gasteiger charge is 2.35. The summed E-state index contributed by atoms with van der Waals surface area (Å²) in [6, 6.07) is 8.88. The van der Waals surface area contributed by atoms with Gasteiger partial charge >= 0.3 is 18.2 Å². The molecule has 3 heterocycles. The van der Waals surface area contributed by atoms with Crippen LogP contribution in [-0.4, -0.2) is 79.0 Å². The van der Waals surface area contributed by atoms with Gasteiger partial charge in [0.25, 0.3) is 0 Å². The number of carboxylic acids is 1. The molecule has 13 heteroatoms. The van der Waals surface area contributed by atoms with Crippen LogP contribution in [0, 0.1) is 0 Å². The molecule has 0 unspecified atom stereocenters. The van der Waals surface area contributed by atoms with E-state index in [9.17, 15) is 19.5 Å². The summed E-state index contributed by atoms with van der Waals surface area (Å²) in [4.78, 5) is 50.7. The van der Waals surface area contributed by atoms with E-state index in [4.69, 9.17) is 9.47 Å². The Kier molecular flexibility index (Phi) is 8.05. The van der Waals surface area contributed by atoms with Crippen LogP contribution < -0.4 is 10.6 Å². The first-order chi connectivity index (χ1) is 18.1. The number of alkyl carbamates (subject to hydrolysis) is 1. The van der Waals surface area contributed by atoms with E-state index in [2.05, 4.69) is 25.6 Å². The minimum absolute atomic E-state index is 0.107. The van der Waals surface area contributed by atoms with E-state index in [1.807, 2.05) is 34.9 Å². The predicted molar refractivity (Wildman–Crippen MR) is 136 cm³/mol. The average Bonchev–Trinajstić information content (AvgIpc) is 3.45. The number of fused-ring (bicyclic) bond motifs is 1. The number of ether oxygens (including phenoxy) is 2. The van der Waals surface area contributed by atoms with Crippen molar-refractivity contribution in [1.82, 2.24) is 29.7 Å². The number of aliphatic carboxylic acids is 1. The number of carbonyl (C=O) groups is 3. The number of hydrogen-bond acceptors (Lipinski definition) is 9. The summed E-state index contributed by atoms with van der Waals surface area (Å²) in [5.41, 5.74) is 1.07. The highest BCUT2D eigenvalue weighted by Crippen LogP contribution is 2.30. The van der Waals surface area contributed by atoms with Crippen molar-refractivity contribution in [1.29, 1.82) is 0 Å². The normalized spacial score (nSPS) is 17.8. The number of aromatic nitrogens is 4. The molecule has 4 rings (SSSR count). The number of imidazole rings is 1. The number of anilines is 1. The van der Waals surface area contributed by atoms with Gasteiger partial charge in [-0.15, -0.1) is 0 Å². The maximum absolute atomic E-state index is 12.4. The van der Waals surface area contributed by atoms with E-state index < -0.39 is 23.8 Å². The molecule has 0 spiro atoms. The molecule has 0 radical (unpaired) electrons. The van der Waals surface area contributed by atoms with Crippen molar-refractivity contribution in [2.75, 3.05) is 25.0 Å². The molecule has 13 nitrogen and oxygen atoms in total. The number of rotatable bonds is 8. The zero-order chi connectivity index (χ0) is 27.3. The fourth-order valence-corrected chi connectivity index (χ4v) is 4.32. The molecule has 1 aliphatic heterocycles. The van der Waals surface area contributed by atoms with Crippen LogP contribution in [0.25, 0.3) is 11.2 Å². The van der Waals surface area contributed by atoms with Crippen LogP contribution in [0.4, 0.5) is 15.4 Å². The van der Waals surface area contributed by atoms with Gasteiger partial charge in [-0.25, -0.2) is 24.5 Å². The molecule has 3 N–H and O–H groups in total. The smallest absolute Gasteiger partial charge is 0.413 e. The van der Waals surface area contributed by atoms with E-state index in [0.29, 0.717) is 24.1 Å². The van der Waals surface area contributed by atoms with Crippen LogP contribution in [0.3, 0.4) is 0 Å². The van der Waals surface area contributed by atoms with Gasteiger partial charge < -0.3 is 24.5 Å². The topological polar surface area (TPSA) is 161 Å². The Morgan fingerprint density at radius 2 is 1.87 bits per heavy atom. The average molecular weight is 526 g/mol. The van der Waals surface area contributed by atoms with Gasteiger partial charge in [0.2, 0.25) is 0 Å². The molecular weight excluding hydrogens is 494 g/mol. The van der Waals surface area contributed by atoms with Gasteiger partial charge in [-0.05, 0) is 32.8 Å². The first-order valence-corrected chi connectivity index (χ1v) is 12.2. The van der Waals surface area contributed by atoms with Crippen molar-refractivity contribution in [3.63, 3.8) is 0 Å². The number of nitrogens with one attached hydrogen (secondary N) is 2. The lowest BCUT2D eigenvalue weighted by atomic mass is 10.1. The maximum Gasteiger partial charge on any atom is 0.413 e. The van der Waals surface area contributed by atoms with E-state index in [-0.39, 0.29) is 37.6 Å². The standard InChI is InChI=1S/C25H31N7O6/c1-25(2,3)38-23(35)26-10-17-9-18(11-31(17)12-19(33)34)32-15-29-20-21(27-14-28-22(20)32)30-24(36)37-13-16-7-5-4-6-8-16/h4-8,14-15,17-18H,9-13H2,1-3H3,(H,26,35)(H,33,34)(H,27,28,30,36)/t17-,18-/m1/s1. The van der Waals surface area contributed by atoms with Crippen molar-refractivity contribution in [3.05, 3.63) is 48.5 Å². The summed E-state index contributed by atoms with van der Waals surface area (Å²) in [6.45, 7) is 5.87. The number of amides is 2. The number of nitrogens with zero attached hydrogens (tertiary/aromatic N) is 5. The van der Waals surface area contributed by atoms with Gasteiger partial charge in [-0.3, -0.25) is 15.0 Å². The van der Waals surface area contributed by atoms with Crippen molar-refractivity contribution >= 4 is 35.1 Å². The number of likely N-dealkylation sites (tertiary alicyclic amines) is 1. The molecule has 3 aromatic rings. The fourth-order valence-electron chi connectivity index (χ4n) is 4.32. The first kappa shape index (κ1) is 26.8. The Morgan fingerprint density at radius 3 is 2.58 bits per heavy atom. The Bertz CT molecular complexity index is 1290. The third-order valence-corrected chi connectivity index (χ3v) is 5.91. The highest BCUT2D eigenvalue weighted by atomic mass is 16.6. The summed E-state index contributed by atoms with van der Waals surface area (Å²) < 4.78 is 12.4. The molecule has 1 fully saturated rings. The number of benzene rings is 1. The SMILES string of the molecule is CC(C)(C)OC(=O)NC[C@H]1C[C@@H](n2cnc3c(NC(=O)OCc4ccccc4)ncnc32)CN1CC(=O)O. The molecular formula is C25H31N7O6. The van der Waals surface area contributed by atoms with Gasteiger partial charge in [0, 0.05) is 19.1 Å². The monoisotopic (exact) mass is 525 g/mol. The first-order valence-electron chi connectivity index (χ1n) is 12.2. The van der Waals surface area contributed by atoms with Crippen LogP contribution >= 0.6 is 0 Å². The van der Waals surface area contributed by atoms with Crippen molar-refractivity contribution < 1.29 is 29.0 Å². The molecule has 0 saturated carbocycles. The summed E-state index contributed by atoms with van der Waals surface area (Å²) in [6.07, 6.45) is 2.21. The molecule has 38 heavy (non-hydrogen) atoms. The highest BCUT2D eigenvalue weighted by molar-refractivity contribution is 5.93. The second-order valence-electron chi connectivity index (χ2n) is 9.98. The minimum Gasteiger partial charge on any atom is -0.480 e. The summed E-state index contributed by atoms with van der Waals surface area (Å²) in [5.74, 6) is -0.762.